The highest BCUT2D eigenvalue weighted by Gasteiger charge is 2.29. The molecule has 0 bridgehead atoms. The molecule has 0 unspecified atom stereocenters. The number of hydrogen-bond donors (Lipinski definition) is 1. The van der Waals surface area contributed by atoms with Gasteiger partial charge in [0, 0.05) is 19.3 Å². The third kappa shape index (κ3) is 7.53. The van der Waals surface area contributed by atoms with E-state index in [1.54, 1.807) is 40.1 Å². The Kier molecular flexibility index (Phi) is 7.46. The summed E-state index contributed by atoms with van der Waals surface area (Å²) in [4.78, 5) is 31.0. The van der Waals surface area contributed by atoms with Crippen molar-refractivity contribution in [2.75, 3.05) is 31.2 Å². The van der Waals surface area contributed by atoms with Crippen molar-refractivity contribution in [2.45, 2.75) is 65.2 Å². The van der Waals surface area contributed by atoms with E-state index in [0.29, 0.717) is 12.2 Å². The van der Waals surface area contributed by atoms with Gasteiger partial charge in [-0.15, -0.1) is 0 Å². The summed E-state index contributed by atoms with van der Waals surface area (Å²) in [6, 6.07) is 1.33. The van der Waals surface area contributed by atoms with Crippen molar-refractivity contribution in [1.29, 1.82) is 0 Å². The number of hydrogen-bond acceptors (Lipinski definition) is 7. The van der Waals surface area contributed by atoms with Gasteiger partial charge in [-0.1, -0.05) is 0 Å². The van der Waals surface area contributed by atoms with E-state index >= 15 is 0 Å². The van der Waals surface area contributed by atoms with E-state index in [1.807, 2.05) is 19.9 Å². The molecule has 1 fully saturated rings. The second kappa shape index (κ2) is 9.43. The van der Waals surface area contributed by atoms with Crippen LogP contribution in [0.3, 0.4) is 0 Å². The molecule has 0 aromatic carbocycles. The Morgan fingerprint density at radius 3 is 2.69 bits per heavy atom. The maximum Gasteiger partial charge on any atom is 0.408 e. The second-order valence-electron chi connectivity index (χ2n) is 8.71. The molecule has 0 spiro atoms. The van der Waals surface area contributed by atoms with Gasteiger partial charge in [-0.2, -0.15) is 0 Å². The van der Waals surface area contributed by atoms with E-state index in [2.05, 4.69) is 15.2 Å². The topological polar surface area (TPSA) is 90.0 Å². The Hall–Kier alpha value is -2.35. The second-order valence-corrected chi connectivity index (χ2v) is 8.71. The molecule has 162 valence electrons. The smallest absolute Gasteiger partial charge is 0.408 e. The number of carbonyl (C=O) groups excluding carboxylic acids is 2. The third-order valence-corrected chi connectivity index (χ3v) is 4.31. The molecule has 1 aromatic rings. The van der Waals surface area contributed by atoms with Crippen LogP contribution < -0.4 is 10.2 Å². The van der Waals surface area contributed by atoms with Gasteiger partial charge in [0.05, 0.1) is 43.2 Å². The highest BCUT2D eigenvalue weighted by atomic mass is 16.6. The lowest BCUT2D eigenvalue weighted by Crippen LogP contribution is -2.48. The first kappa shape index (κ1) is 22.9. The van der Waals surface area contributed by atoms with Crippen molar-refractivity contribution >= 4 is 17.7 Å². The first-order chi connectivity index (χ1) is 13.5. The average molecular weight is 408 g/mol. The molecule has 1 amide bonds. The fraction of sp³-hybridized carbons (Fsp3) is 0.667. The lowest BCUT2D eigenvalue weighted by molar-refractivity contribution is -0.143. The first-order valence-corrected chi connectivity index (χ1v) is 9.98. The van der Waals surface area contributed by atoms with Crippen molar-refractivity contribution in [3.05, 3.63) is 24.0 Å². The van der Waals surface area contributed by atoms with Crippen molar-refractivity contribution in [2.24, 2.45) is 0 Å². The van der Waals surface area contributed by atoms with Crippen LogP contribution in [0.2, 0.25) is 0 Å². The molecule has 1 N–H and O–H groups in total. The minimum atomic E-state index is -0.641. The molecule has 2 rings (SSSR count). The molecular weight excluding hydrogens is 374 g/mol. The van der Waals surface area contributed by atoms with Gasteiger partial charge in [0.15, 0.2) is 0 Å². The van der Waals surface area contributed by atoms with E-state index in [-0.39, 0.29) is 18.6 Å². The van der Waals surface area contributed by atoms with E-state index < -0.39 is 23.7 Å². The summed E-state index contributed by atoms with van der Waals surface area (Å²) in [7, 11) is 0. The predicted molar refractivity (Wildman–Crippen MR) is 110 cm³/mol. The standard InChI is InChI=1S/C21H33N3O5/c1-7-27-18(25)11-17(23-19(26)29-20(2,3)4)15-10-16(13-22-12-15)24-8-9-28-21(5,6)14-24/h10,12-13,17H,7-9,11,14H2,1-6H3,(H,23,26)/t17-/m0/s1. The monoisotopic (exact) mass is 407 g/mol. The zero-order chi connectivity index (χ0) is 21.7. The van der Waals surface area contributed by atoms with Crippen molar-refractivity contribution in [3.8, 4) is 0 Å². The third-order valence-electron chi connectivity index (χ3n) is 4.31. The zero-order valence-electron chi connectivity index (χ0n) is 18.3. The Balaban J connectivity index is 2.22. The van der Waals surface area contributed by atoms with Crippen molar-refractivity contribution < 1.29 is 23.8 Å². The fourth-order valence-corrected chi connectivity index (χ4v) is 3.13. The number of amides is 1. The highest BCUT2D eigenvalue weighted by Crippen LogP contribution is 2.26. The number of aromatic nitrogens is 1. The minimum absolute atomic E-state index is 0.00712. The minimum Gasteiger partial charge on any atom is -0.466 e. The maximum absolute atomic E-state index is 12.3. The van der Waals surface area contributed by atoms with Gasteiger partial charge in [0.2, 0.25) is 0 Å². The number of nitrogens with one attached hydrogen (secondary N) is 1. The van der Waals surface area contributed by atoms with Gasteiger partial charge in [0.25, 0.3) is 0 Å². The van der Waals surface area contributed by atoms with E-state index in [0.717, 1.165) is 18.8 Å². The zero-order valence-corrected chi connectivity index (χ0v) is 18.3. The van der Waals surface area contributed by atoms with Crippen LogP contribution in [0.1, 0.15) is 59.6 Å². The van der Waals surface area contributed by atoms with Crippen molar-refractivity contribution in [1.82, 2.24) is 10.3 Å². The Morgan fingerprint density at radius 2 is 2.07 bits per heavy atom. The summed E-state index contributed by atoms with van der Waals surface area (Å²) in [5.74, 6) is -0.397. The van der Waals surface area contributed by atoms with E-state index in [1.165, 1.54) is 0 Å². The van der Waals surface area contributed by atoms with Gasteiger partial charge in [0.1, 0.15) is 5.60 Å². The molecule has 1 atom stereocenters. The van der Waals surface area contributed by atoms with Gasteiger partial charge >= 0.3 is 12.1 Å². The summed E-state index contributed by atoms with van der Waals surface area (Å²) < 4.78 is 16.2. The molecule has 0 radical (unpaired) electrons. The largest absolute Gasteiger partial charge is 0.466 e. The summed E-state index contributed by atoms with van der Waals surface area (Å²) in [5.41, 5.74) is 0.732. The number of anilines is 1. The molecule has 8 heteroatoms. The summed E-state index contributed by atoms with van der Waals surface area (Å²) in [6.07, 6.45) is 2.83. The van der Waals surface area contributed by atoms with E-state index in [9.17, 15) is 9.59 Å². The summed E-state index contributed by atoms with van der Waals surface area (Å²) in [6.45, 7) is 13.6. The van der Waals surface area contributed by atoms with Gasteiger partial charge in [-0.3, -0.25) is 9.78 Å². The van der Waals surface area contributed by atoms with Crippen LogP contribution in [0.4, 0.5) is 10.5 Å². The van der Waals surface area contributed by atoms with Crippen molar-refractivity contribution in [3.63, 3.8) is 0 Å². The predicted octanol–water partition coefficient (Wildman–Crippen LogP) is 3.22. The number of morpholine rings is 1. The molecule has 1 aromatic heterocycles. The van der Waals surface area contributed by atoms with E-state index in [4.69, 9.17) is 14.2 Å². The number of pyridine rings is 1. The quantitative estimate of drug-likeness (QED) is 0.724. The lowest BCUT2D eigenvalue weighted by Gasteiger charge is -2.39. The summed E-state index contributed by atoms with van der Waals surface area (Å²) in [5, 5.41) is 2.78. The van der Waals surface area contributed by atoms with Gasteiger partial charge in [-0.25, -0.2) is 4.79 Å². The number of esters is 1. The van der Waals surface area contributed by atoms with Crippen LogP contribution in [0.15, 0.2) is 18.5 Å². The fourth-order valence-electron chi connectivity index (χ4n) is 3.13. The molecule has 1 saturated heterocycles. The normalized spacial score (nSPS) is 17.4. The number of rotatable bonds is 6. The molecule has 1 aliphatic heterocycles. The van der Waals surface area contributed by atoms with Crippen LogP contribution in [-0.2, 0) is 19.0 Å². The van der Waals surface area contributed by atoms with Crippen LogP contribution in [0.5, 0.6) is 0 Å². The molecular formula is C21H33N3O5. The molecule has 29 heavy (non-hydrogen) atoms. The molecule has 1 aliphatic rings. The Bertz CT molecular complexity index is 715. The SMILES string of the molecule is CCOC(=O)C[C@H](NC(=O)OC(C)(C)C)c1cncc(N2CCOC(C)(C)C2)c1. The summed E-state index contributed by atoms with van der Waals surface area (Å²) >= 11 is 0. The Morgan fingerprint density at radius 1 is 1.34 bits per heavy atom. The first-order valence-electron chi connectivity index (χ1n) is 9.98. The van der Waals surface area contributed by atoms with Crippen LogP contribution in [0, 0.1) is 0 Å². The molecule has 2 heterocycles. The highest BCUT2D eigenvalue weighted by molar-refractivity contribution is 5.73. The van der Waals surface area contributed by atoms with Crippen LogP contribution in [-0.4, -0.2) is 54.6 Å². The number of carbonyl (C=O) groups is 2. The molecule has 8 nitrogen and oxygen atoms in total. The number of ether oxygens (including phenoxy) is 3. The van der Waals surface area contributed by atoms with Gasteiger partial charge in [-0.05, 0) is 53.2 Å². The molecule has 0 aliphatic carbocycles. The van der Waals surface area contributed by atoms with Gasteiger partial charge < -0.3 is 24.4 Å². The van der Waals surface area contributed by atoms with Crippen LogP contribution >= 0.6 is 0 Å². The molecule has 0 saturated carbocycles. The Labute approximate surface area is 172 Å². The maximum atomic E-state index is 12.3. The number of nitrogens with zero attached hydrogens (tertiary/aromatic N) is 2. The van der Waals surface area contributed by atoms with Crippen LogP contribution in [0.25, 0.3) is 0 Å². The lowest BCUT2D eigenvalue weighted by atomic mass is 10.0. The number of alkyl carbamates (subject to hydrolysis) is 1. The average Bonchev–Trinajstić information content (AvgIpc) is 2.59.